The van der Waals surface area contributed by atoms with Gasteiger partial charge < -0.3 is 10.4 Å². The highest BCUT2D eigenvalue weighted by Gasteiger charge is 2.55. The number of nitrogens with one attached hydrogen (secondary N) is 1. The van der Waals surface area contributed by atoms with Crippen LogP contribution in [0.3, 0.4) is 0 Å². The van der Waals surface area contributed by atoms with Crippen LogP contribution in [-0.4, -0.2) is 49.6 Å². The number of benzene rings is 1. The topological polar surface area (TPSA) is 69.6 Å². The first-order chi connectivity index (χ1) is 10.3. The van der Waals surface area contributed by atoms with E-state index >= 15 is 0 Å². The Labute approximate surface area is 130 Å². The fraction of sp³-hybridized carbons (Fsp3) is 0.600. The van der Waals surface area contributed by atoms with E-state index < -0.39 is 15.8 Å². The summed E-state index contributed by atoms with van der Waals surface area (Å²) < 4.78 is 39.8. The van der Waals surface area contributed by atoms with Gasteiger partial charge in [-0.15, -0.1) is 0 Å². The second-order valence-electron chi connectivity index (χ2n) is 6.57. The quantitative estimate of drug-likeness (QED) is 0.844. The van der Waals surface area contributed by atoms with Gasteiger partial charge in [0.15, 0.2) is 0 Å². The van der Waals surface area contributed by atoms with Gasteiger partial charge in [0, 0.05) is 31.1 Å². The van der Waals surface area contributed by atoms with E-state index in [9.17, 15) is 17.9 Å². The van der Waals surface area contributed by atoms with Gasteiger partial charge in [0.2, 0.25) is 10.0 Å². The molecule has 5 nitrogen and oxygen atoms in total. The molecule has 1 aliphatic heterocycles. The molecule has 1 saturated heterocycles. The summed E-state index contributed by atoms with van der Waals surface area (Å²) in [5.74, 6) is -0.700. The van der Waals surface area contributed by atoms with E-state index in [1.165, 1.54) is 28.6 Å². The van der Waals surface area contributed by atoms with Gasteiger partial charge in [-0.1, -0.05) is 12.1 Å². The first kappa shape index (κ1) is 15.9. The van der Waals surface area contributed by atoms with Gasteiger partial charge in [0.25, 0.3) is 0 Å². The van der Waals surface area contributed by atoms with Crippen molar-refractivity contribution in [3.8, 4) is 0 Å². The maximum atomic E-state index is 13.7. The molecule has 0 bridgehead atoms. The summed E-state index contributed by atoms with van der Waals surface area (Å²) in [5.41, 5.74) is 0.0364. The third-order valence-corrected chi connectivity index (χ3v) is 6.36. The van der Waals surface area contributed by atoms with E-state index in [2.05, 4.69) is 5.32 Å². The molecule has 1 aromatic rings. The summed E-state index contributed by atoms with van der Waals surface area (Å²) in [7, 11) is -3.73. The molecular weight excluding hydrogens is 307 g/mol. The van der Waals surface area contributed by atoms with Crippen LogP contribution in [0.5, 0.6) is 0 Å². The molecule has 0 amide bonds. The summed E-state index contributed by atoms with van der Waals surface area (Å²) >= 11 is 0. The molecule has 1 aliphatic carbocycles. The maximum absolute atomic E-state index is 13.7. The SMILES string of the molecule is CC(O)CNC1CC2(C1)CN(S(=O)(=O)c1ccccc1F)C2. The van der Waals surface area contributed by atoms with Crippen molar-refractivity contribution in [1.82, 2.24) is 9.62 Å². The van der Waals surface area contributed by atoms with Gasteiger partial charge in [-0.3, -0.25) is 0 Å². The molecule has 0 aromatic heterocycles. The number of halogens is 1. The van der Waals surface area contributed by atoms with E-state index in [-0.39, 0.29) is 16.4 Å². The van der Waals surface area contributed by atoms with Crippen molar-refractivity contribution in [3.05, 3.63) is 30.1 Å². The monoisotopic (exact) mass is 328 g/mol. The molecule has 1 unspecified atom stereocenters. The molecule has 7 heteroatoms. The Bertz CT molecular complexity index is 649. The van der Waals surface area contributed by atoms with Gasteiger partial charge in [0.05, 0.1) is 6.10 Å². The molecule has 2 aliphatic rings. The predicted octanol–water partition coefficient (Wildman–Crippen LogP) is 0.949. The van der Waals surface area contributed by atoms with Crippen molar-refractivity contribution >= 4 is 10.0 Å². The zero-order valence-electron chi connectivity index (χ0n) is 12.5. The largest absolute Gasteiger partial charge is 0.392 e. The van der Waals surface area contributed by atoms with E-state index in [1.807, 2.05) is 0 Å². The highest BCUT2D eigenvalue weighted by molar-refractivity contribution is 7.89. The molecule has 1 heterocycles. The molecule has 3 rings (SSSR count). The first-order valence-corrected chi connectivity index (χ1v) is 8.93. The van der Waals surface area contributed by atoms with Crippen molar-refractivity contribution < 1.29 is 17.9 Å². The minimum absolute atomic E-state index is 0.0364. The summed E-state index contributed by atoms with van der Waals surface area (Å²) in [6, 6.07) is 5.83. The lowest BCUT2D eigenvalue weighted by molar-refractivity contribution is -0.0359. The zero-order valence-corrected chi connectivity index (χ0v) is 13.3. The molecule has 2 fully saturated rings. The Morgan fingerprint density at radius 2 is 2.05 bits per heavy atom. The molecule has 122 valence electrons. The van der Waals surface area contributed by atoms with Crippen LogP contribution < -0.4 is 5.32 Å². The highest BCUT2D eigenvalue weighted by Crippen LogP contribution is 2.50. The minimum Gasteiger partial charge on any atom is -0.392 e. The number of hydrogen-bond donors (Lipinski definition) is 2. The zero-order chi connectivity index (χ0) is 16.0. The van der Waals surface area contributed by atoms with Crippen LogP contribution >= 0.6 is 0 Å². The lowest BCUT2D eigenvalue weighted by atomic mass is 9.61. The number of nitrogens with zero attached hydrogens (tertiary/aromatic N) is 1. The van der Waals surface area contributed by atoms with E-state index in [0.717, 1.165) is 12.8 Å². The summed E-state index contributed by atoms with van der Waals surface area (Å²) in [4.78, 5) is -0.243. The molecule has 2 N–H and O–H groups in total. The third kappa shape index (κ3) is 2.78. The molecule has 1 saturated carbocycles. The third-order valence-electron chi connectivity index (χ3n) is 4.54. The van der Waals surface area contributed by atoms with E-state index in [4.69, 9.17) is 0 Å². The van der Waals surface area contributed by atoms with Crippen LogP contribution in [0.2, 0.25) is 0 Å². The van der Waals surface area contributed by atoms with Crippen LogP contribution in [0.25, 0.3) is 0 Å². The Morgan fingerprint density at radius 3 is 2.64 bits per heavy atom. The average Bonchev–Trinajstić information content (AvgIpc) is 2.34. The smallest absolute Gasteiger partial charge is 0.246 e. The van der Waals surface area contributed by atoms with Crippen LogP contribution in [0.4, 0.5) is 4.39 Å². The number of aliphatic hydroxyl groups excluding tert-OH is 1. The normalized spacial score (nSPS) is 23.0. The maximum Gasteiger partial charge on any atom is 0.246 e. The van der Waals surface area contributed by atoms with Gasteiger partial charge in [-0.2, -0.15) is 4.31 Å². The van der Waals surface area contributed by atoms with Crippen LogP contribution in [0, 0.1) is 11.2 Å². The average molecular weight is 328 g/mol. The van der Waals surface area contributed by atoms with E-state index in [1.54, 1.807) is 6.92 Å². The van der Waals surface area contributed by atoms with Crippen molar-refractivity contribution in [2.75, 3.05) is 19.6 Å². The number of sulfonamides is 1. The summed E-state index contributed by atoms with van der Waals surface area (Å²) in [5, 5.41) is 12.5. The molecule has 1 aromatic carbocycles. The molecule has 22 heavy (non-hydrogen) atoms. The minimum atomic E-state index is -3.73. The fourth-order valence-corrected chi connectivity index (χ4v) is 5.12. The van der Waals surface area contributed by atoms with Crippen molar-refractivity contribution in [1.29, 1.82) is 0 Å². The molecule has 1 spiro atoms. The fourth-order valence-electron chi connectivity index (χ4n) is 3.39. The predicted molar refractivity (Wildman–Crippen MR) is 80.3 cm³/mol. The lowest BCUT2D eigenvalue weighted by Gasteiger charge is -2.58. The molecular formula is C15H21FN2O3S. The Kier molecular flexibility index (Phi) is 4.01. The first-order valence-electron chi connectivity index (χ1n) is 7.49. The van der Waals surface area contributed by atoms with Gasteiger partial charge >= 0.3 is 0 Å². The van der Waals surface area contributed by atoms with Gasteiger partial charge in [-0.25, -0.2) is 12.8 Å². The van der Waals surface area contributed by atoms with Crippen molar-refractivity contribution in [2.24, 2.45) is 5.41 Å². The number of hydrogen-bond acceptors (Lipinski definition) is 4. The highest BCUT2D eigenvalue weighted by atomic mass is 32.2. The van der Waals surface area contributed by atoms with Crippen LogP contribution in [0.1, 0.15) is 19.8 Å². The molecule has 1 atom stereocenters. The standard InChI is InChI=1S/C15H21FN2O3S/c1-11(19)8-17-12-6-15(7-12)9-18(10-15)22(20,21)14-5-3-2-4-13(14)16/h2-5,11-12,17,19H,6-10H2,1H3. The van der Waals surface area contributed by atoms with Gasteiger partial charge in [0.1, 0.15) is 10.7 Å². The Morgan fingerprint density at radius 1 is 1.41 bits per heavy atom. The lowest BCUT2D eigenvalue weighted by Crippen LogP contribution is -2.67. The van der Waals surface area contributed by atoms with Crippen molar-refractivity contribution in [2.45, 2.75) is 36.8 Å². The van der Waals surface area contributed by atoms with Crippen LogP contribution in [-0.2, 0) is 10.0 Å². The van der Waals surface area contributed by atoms with Crippen LogP contribution in [0.15, 0.2) is 29.2 Å². The van der Waals surface area contributed by atoms with Gasteiger partial charge in [-0.05, 0) is 31.9 Å². The Balaban J connectivity index is 1.57. The number of rotatable bonds is 5. The second-order valence-corrected chi connectivity index (χ2v) is 8.47. The Hall–Kier alpha value is -1.02. The molecule has 0 radical (unpaired) electrons. The van der Waals surface area contributed by atoms with E-state index in [0.29, 0.717) is 25.7 Å². The summed E-state index contributed by atoms with van der Waals surface area (Å²) in [6.45, 7) is 3.19. The summed E-state index contributed by atoms with van der Waals surface area (Å²) in [6.07, 6.45) is 1.43. The van der Waals surface area contributed by atoms with Crippen molar-refractivity contribution in [3.63, 3.8) is 0 Å². The number of aliphatic hydroxyl groups is 1. The second kappa shape index (κ2) is 5.56.